The Bertz CT molecular complexity index is 338. The first-order valence-corrected chi connectivity index (χ1v) is 6.84. The molecule has 0 bridgehead atoms. The number of carbonyl (C=O) groups is 1. The van der Waals surface area contributed by atoms with E-state index in [1.54, 1.807) is 0 Å². The summed E-state index contributed by atoms with van der Waals surface area (Å²) in [5.41, 5.74) is 4.85. The van der Waals surface area contributed by atoms with E-state index in [0.29, 0.717) is 26.1 Å². The predicted octanol–water partition coefficient (Wildman–Crippen LogP) is 1.08. The van der Waals surface area contributed by atoms with Crippen LogP contribution in [0.4, 0.5) is 0 Å². The molecule has 0 saturated heterocycles. The van der Waals surface area contributed by atoms with Crippen LogP contribution in [0.3, 0.4) is 0 Å². The Kier molecular flexibility index (Phi) is 5.60. The highest BCUT2D eigenvalue weighted by Crippen LogP contribution is 2.41. The van der Waals surface area contributed by atoms with Gasteiger partial charge in [0.2, 0.25) is 5.91 Å². The summed E-state index contributed by atoms with van der Waals surface area (Å²) in [4.78, 5) is 12.4. The van der Waals surface area contributed by atoms with Crippen LogP contribution in [-0.2, 0) is 9.53 Å². The van der Waals surface area contributed by atoms with Crippen LogP contribution in [0.1, 0.15) is 40.0 Å². The van der Waals surface area contributed by atoms with Gasteiger partial charge in [0.1, 0.15) is 5.41 Å². The highest BCUT2D eigenvalue weighted by Gasteiger charge is 2.48. The summed E-state index contributed by atoms with van der Waals surface area (Å²) in [6.45, 7) is 7.07. The van der Waals surface area contributed by atoms with Gasteiger partial charge >= 0.3 is 0 Å². The van der Waals surface area contributed by atoms with E-state index >= 15 is 0 Å². The van der Waals surface area contributed by atoms with Gasteiger partial charge in [-0.1, -0.05) is 25.4 Å². The normalized spacial score (nSPS) is 19.9. The van der Waals surface area contributed by atoms with Crippen LogP contribution >= 0.6 is 0 Å². The summed E-state index contributed by atoms with van der Waals surface area (Å²) in [5.74, 6) is 0.113. The summed E-state index contributed by atoms with van der Waals surface area (Å²) in [7, 11) is 0. The summed E-state index contributed by atoms with van der Waals surface area (Å²) in [6.07, 6.45) is 2.18. The first-order valence-electron chi connectivity index (χ1n) is 6.84. The monoisotopic (exact) mass is 271 g/mol. The number of carbonyl (C=O) groups excluding carboxylic acids is 1. The van der Waals surface area contributed by atoms with Gasteiger partial charge in [0.25, 0.3) is 0 Å². The van der Waals surface area contributed by atoms with Crippen molar-refractivity contribution in [1.29, 1.82) is 0 Å². The Balaban J connectivity index is 2.70. The topological polar surface area (TPSA) is 96.9 Å². The van der Waals surface area contributed by atoms with Crippen LogP contribution < -0.4 is 11.1 Å². The van der Waals surface area contributed by atoms with E-state index < -0.39 is 5.41 Å². The van der Waals surface area contributed by atoms with Gasteiger partial charge in [0.15, 0.2) is 5.84 Å². The van der Waals surface area contributed by atoms with Gasteiger partial charge in [-0.15, -0.1) is 0 Å². The maximum absolute atomic E-state index is 12.4. The summed E-state index contributed by atoms with van der Waals surface area (Å²) in [5, 5.41) is 14.8. The average Bonchev–Trinajstić information content (AvgIpc) is 2.32. The number of ether oxygens (including phenoxy) is 1. The minimum absolute atomic E-state index is 0.00941. The number of amides is 1. The van der Waals surface area contributed by atoms with Crippen molar-refractivity contribution in [3.05, 3.63) is 0 Å². The SMILES string of the molecule is CCOCC(NC(=O)C1(C(N)=NO)CCC1)C(C)C. The molecule has 1 saturated carbocycles. The fourth-order valence-corrected chi connectivity index (χ4v) is 2.18. The molecule has 19 heavy (non-hydrogen) atoms. The summed E-state index contributed by atoms with van der Waals surface area (Å²) in [6, 6.07) is -0.0589. The second-order valence-corrected chi connectivity index (χ2v) is 5.40. The predicted molar refractivity (Wildman–Crippen MR) is 73.0 cm³/mol. The highest BCUT2D eigenvalue weighted by atomic mass is 16.5. The van der Waals surface area contributed by atoms with Crippen molar-refractivity contribution in [2.75, 3.05) is 13.2 Å². The van der Waals surface area contributed by atoms with Crippen LogP contribution in [0.2, 0.25) is 0 Å². The number of hydrogen-bond donors (Lipinski definition) is 3. The molecule has 1 fully saturated rings. The van der Waals surface area contributed by atoms with Crippen LogP contribution in [-0.4, -0.2) is 36.2 Å². The molecule has 1 atom stereocenters. The van der Waals surface area contributed by atoms with E-state index in [9.17, 15) is 4.79 Å². The molecule has 110 valence electrons. The van der Waals surface area contributed by atoms with E-state index in [1.807, 2.05) is 20.8 Å². The second kappa shape index (κ2) is 6.75. The van der Waals surface area contributed by atoms with E-state index in [4.69, 9.17) is 15.7 Å². The lowest BCUT2D eigenvalue weighted by Gasteiger charge is -2.40. The van der Waals surface area contributed by atoms with Gasteiger partial charge in [-0.2, -0.15) is 0 Å². The van der Waals surface area contributed by atoms with Crippen molar-refractivity contribution in [1.82, 2.24) is 5.32 Å². The third-order valence-corrected chi connectivity index (χ3v) is 3.86. The average molecular weight is 271 g/mol. The van der Waals surface area contributed by atoms with Gasteiger partial charge in [-0.25, -0.2) is 0 Å². The summed E-state index contributed by atoms with van der Waals surface area (Å²) >= 11 is 0. The zero-order chi connectivity index (χ0) is 14.5. The van der Waals surface area contributed by atoms with Crippen molar-refractivity contribution in [2.24, 2.45) is 22.2 Å². The largest absolute Gasteiger partial charge is 0.409 e. The molecule has 6 nitrogen and oxygen atoms in total. The quantitative estimate of drug-likeness (QED) is 0.279. The van der Waals surface area contributed by atoms with Gasteiger partial charge in [-0.3, -0.25) is 4.79 Å². The third-order valence-electron chi connectivity index (χ3n) is 3.86. The Labute approximate surface area is 114 Å². The number of hydrogen-bond acceptors (Lipinski definition) is 4. The Morgan fingerprint density at radius 3 is 2.53 bits per heavy atom. The molecule has 1 aliphatic carbocycles. The van der Waals surface area contributed by atoms with Gasteiger partial charge < -0.3 is 21.0 Å². The molecular formula is C13H25N3O3. The minimum atomic E-state index is -0.825. The Morgan fingerprint density at radius 2 is 2.16 bits per heavy atom. The van der Waals surface area contributed by atoms with E-state index in [0.717, 1.165) is 6.42 Å². The molecule has 6 heteroatoms. The van der Waals surface area contributed by atoms with Crippen molar-refractivity contribution >= 4 is 11.7 Å². The second-order valence-electron chi connectivity index (χ2n) is 5.40. The zero-order valence-electron chi connectivity index (χ0n) is 12.0. The molecule has 0 heterocycles. The minimum Gasteiger partial charge on any atom is -0.409 e. The van der Waals surface area contributed by atoms with Crippen LogP contribution in [0.25, 0.3) is 0 Å². The van der Waals surface area contributed by atoms with Gasteiger partial charge in [-0.05, 0) is 25.7 Å². The molecular weight excluding hydrogens is 246 g/mol. The summed E-state index contributed by atoms with van der Waals surface area (Å²) < 4.78 is 5.38. The molecule has 0 radical (unpaired) electrons. The molecule has 1 aliphatic rings. The number of oxime groups is 1. The van der Waals surface area contributed by atoms with Crippen LogP contribution in [0, 0.1) is 11.3 Å². The fourth-order valence-electron chi connectivity index (χ4n) is 2.18. The smallest absolute Gasteiger partial charge is 0.234 e. The molecule has 1 unspecified atom stereocenters. The number of nitrogens with zero attached hydrogens (tertiary/aromatic N) is 1. The van der Waals surface area contributed by atoms with Gasteiger partial charge in [0, 0.05) is 6.61 Å². The molecule has 1 rings (SSSR count). The van der Waals surface area contributed by atoms with Crippen molar-refractivity contribution < 1.29 is 14.7 Å². The Hall–Kier alpha value is -1.30. The third kappa shape index (κ3) is 3.37. The van der Waals surface area contributed by atoms with Crippen molar-refractivity contribution in [2.45, 2.75) is 46.1 Å². The zero-order valence-corrected chi connectivity index (χ0v) is 12.0. The molecule has 0 spiro atoms. The van der Waals surface area contributed by atoms with E-state index in [2.05, 4.69) is 10.5 Å². The first kappa shape index (κ1) is 15.8. The highest BCUT2D eigenvalue weighted by molar-refractivity contribution is 6.07. The van der Waals surface area contributed by atoms with Crippen LogP contribution in [0.5, 0.6) is 0 Å². The maximum atomic E-state index is 12.4. The number of amidine groups is 1. The molecule has 0 aromatic rings. The number of nitrogens with one attached hydrogen (secondary N) is 1. The molecule has 4 N–H and O–H groups in total. The number of rotatable bonds is 7. The molecule has 0 aromatic carbocycles. The first-order chi connectivity index (χ1) is 8.97. The lowest BCUT2D eigenvalue weighted by molar-refractivity contribution is -0.132. The van der Waals surface area contributed by atoms with Crippen molar-refractivity contribution in [3.63, 3.8) is 0 Å². The Morgan fingerprint density at radius 1 is 1.53 bits per heavy atom. The molecule has 1 amide bonds. The van der Waals surface area contributed by atoms with E-state index in [-0.39, 0.29) is 23.7 Å². The van der Waals surface area contributed by atoms with Gasteiger partial charge in [0.05, 0.1) is 12.6 Å². The van der Waals surface area contributed by atoms with E-state index in [1.165, 1.54) is 0 Å². The molecule has 0 aromatic heterocycles. The standard InChI is InChI=1S/C13H25N3O3/c1-4-19-8-10(9(2)3)15-12(17)13(6-5-7-13)11(14)16-18/h9-10,18H,4-8H2,1-3H3,(H2,14,16)(H,15,17). The molecule has 0 aliphatic heterocycles. The number of nitrogens with two attached hydrogens (primary N) is 1. The van der Waals surface area contributed by atoms with Crippen molar-refractivity contribution in [3.8, 4) is 0 Å². The lowest BCUT2D eigenvalue weighted by atomic mass is 9.67. The lowest BCUT2D eigenvalue weighted by Crippen LogP contribution is -2.57. The van der Waals surface area contributed by atoms with Crippen LogP contribution in [0.15, 0.2) is 5.16 Å². The maximum Gasteiger partial charge on any atom is 0.234 e. The fraction of sp³-hybridized carbons (Fsp3) is 0.846.